The Kier molecular flexibility index (Phi) is 5.40. The van der Waals surface area contributed by atoms with Crippen molar-refractivity contribution in [2.75, 3.05) is 21.3 Å². The average Bonchev–Trinajstić information content (AvgIpc) is 2.54. The van der Waals surface area contributed by atoms with Crippen molar-refractivity contribution in [1.82, 2.24) is 4.31 Å². The molecule has 0 aliphatic rings. The first-order chi connectivity index (χ1) is 11.3. The second-order valence-corrected chi connectivity index (χ2v) is 6.98. The van der Waals surface area contributed by atoms with Gasteiger partial charge in [0.25, 0.3) is 0 Å². The lowest BCUT2D eigenvalue weighted by Crippen LogP contribution is -2.28. The summed E-state index contributed by atoms with van der Waals surface area (Å²) in [6, 6.07) is 7.78. The van der Waals surface area contributed by atoms with Gasteiger partial charge in [-0.25, -0.2) is 17.2 Å². The maximum atomic E-state index is 13.8. The summed E-state index contributed by atoms with van der Waals surface area (Å²) in [6.45, 7) is -0.0868. The molecule has 0 amide bonds. The zero-order valence-electron chi connectivity index (χ0n) is 13.4. The predicted octanol–water partition coefficient (Wildman–Crippen LogP) is 2.80. The van der Waals surface area contributed by atoms with Gasteiger partial charge >= 0.3 is 0 Å². The number of halogens is 2. The third-order valence-electron chi connectivity index (χ3n) is 3.44. The second kappa shape index (κ2) is 7.14. The summed E-state index contributed by atoms with van der Waals surface area (Å²) in [5.74, 6) is -1.34. The summed E-state index contributed by atoms with van der Waals surface area (Å²) < 4.78 is 63.6. The van der Waals surface area contributed by atoms with Gasteiger partial charge in [-0.3, -0.25) is 0 Å². The highest BCUT2D eigenvalue weighted by Crippen LogP contribution is 2.29. The highest BCUT2D eigenvalue weighted by molar-refractivity contribution is 7.89. The smallest absolute Gasteiger partial charge is 0.248 e. The molecule has 0 saturated carbocycles. The summed E-state index contributed by atoms with van der Waals surface area (Å²) in [5.41, 5.74) is 0.579. The Labute approximate surface area is 139 Å². The molecule has 24 heavy (non-hydrogen) atoms. The Balaban J connectivity index is 2.34. The van der Waals surface area contributed by atoms with E-state index in [1.165, 1.54) is 21.3 Å². The first-order valence-electron chi connectivity index (χ1n) is 6.92. The summed E-state index contributed by atoms with van der Waals surface area (Å²) >= 11 is 0. The largest absolute Gasteiger partial charge is 0.493 e. The van der Waals surface area contributed by atoms with Crippen molar-refractivity contribution in [1.29, 1.82) is 0 Å². The molecule has 0 heterocycles. The number of hydrogen-bond donors (Lipinski definition) is 0. The fraction of sp³-hybridized carbons (Fsp3) is 0.250. The molecule has 2 aromatic rings. The number of methoxy groups -OCH3 is 2. The van der Waals surface area contributed by atoms with E-state index < -0.39 is 26.6 Å². The lowest BCUT2D eigenvalue weighted by molar-refractivity contribution is 0.354. The number of sulfonamides is 1. The van der Waals surface area contributed by atoms with E-state index in [4.69, 9.17) is 9.47 Å². The van der Waals surface area contributed by atoms with Gasteiger partial charge in [-0.2, -0.15) is 4.31 Å². The van der Waals surface area contributed by atoms with Crippen molar-refractivity contribution in [2.24, 2.45) is 0 Å². The van der Waals surface area contributed by atoms with Crippen LogP contribution in [0.25, 0.3) is 0 Å². The Morgan fingerprint density at radius 2 is 1.58 bits per heavy atom. The summed E-state index contributed by atoms with van der Waals surface area (Å²) in [4.78, 5) is -0.965. The number of rotatable bonds is 6. The van der Waals surface area contributed by atoms with Crippen LogP contribution in [0.5, 0.6) is 11.5 Å². The number of hydrogen-bond acceptors (Lipinski definition) is 4. The van der Waals surface area contributed by atoms with Crippen LogP contribution in [0.3, 0.4) is 0 Å². The van der Waals surface area contributed by atoms with Crippen molar-refractivity contribution < 1.29 is 26.7 Å². The molecule has 0 aromatic heterocycles. The standard InChI is InChI=1S/C16H17F2NO4S/c1-19(10-11-7-8-14(22-2)15(9-11)23-3)24(20,21)16-12(17)5-4-6-13(16)18/h4-9H,10H2,1-3H3. The molecule has 0 saturated heterocycles. The van der Waals surface area contributed by atoms with Gasteiger partial charge in [0, 0.05) is 13.6 Å². The van der Waals surface area contributed by atoms with E-state index in [1.807, 2.05) is 0 Å². The van der Waals surface area contributed by atoms with Crippen LogP contribution >= 0.6 is 0 Å². The van der Waals surface area contributed by atoms with E-state index in [9.17, 15) is 17.2 Å². The summed E-state index contributed by atoms with van der Waals surface area (Å²) in [6.07, 6.45) is 0. The van der Waals surface area contributed by atoms with Crippen LogP contribution in [0.4, 0.5) is 8.78 Å². The molecular weight excluding hydrogens is 340 g/mol. The molecule has 0 aliphatic heterocycles. The van der Waals surface area contributed by atoms with Gasteiger partial charge in [-0.15, -0.1) is 0 Å². The Hall–Kier alpha value is -2.19. The number of nitrogens with zero attached hydrogens (tertiary/aromatic N) is 1. The monoisotopic (exact) mass is 357 g/mol. The molecule has 0 radical (unpaired) electrons. The van der Waals surface area contributed by atoms with Crippen LogP contribution in [0.2, 0.25) is 0 Å². The quantitative estimate of drug-likeness (QED) is 0.798. The molecule has 130 valence electrons. The molecule has 8 heteroatoms. The molecule has 2 aromatic carbocycles. The minimum atomic E-state index is -4.32. The number of ether oxygens (including phenoxy) is 2. The molecule has 0 spiro atoms. The fourth-order valence-corrected chi connectivity index (χ4v) is 3.47. The molecule has 0 atom stereocenters. The first-order valence-corrected chi connectivity index (χ1v) is 8.36. The van der Waals surface area contributed by atoms with Crippen LogP contribution in [-0.4, -0.2) is 34.0 Å². The van der Waals surface area contributed by atoms with Crippen molar-refractivity contribution >= 4 is 10.0 Å². The van der Waals surface area contributed by atoms with E-state index in [-0.39, 0.29) is 6.54 Å². The van der Waals surface area contributed by atoms with Gasteiger partial charge in [0.15, 0.2) is 16.4 Å². The van der Waals surface area contributed by atoms with Crippen molar-refractivity contribution in [3.8, 4) is 11.5 Å². The summed E-state index contributed by atoms with van der Waals surface area (Å²) in [7, 11) is -0.138. The van der Waals surface area contributed by atoms with Gasteiger partial charge in [0.05, 0.1) is 14.2 Å². The van der Waals surface area contributed by atoms with Crippen molar-refractivity contribution in [3.63, 3.8) is 0 Å². The van der Waals surface area contributed by atoms with Crippen molar-refractivity contribution in [2.45, 2.75) is 11.4 Å². The van der Waals surface area contributed by atoms with Gasteiger partial charge in [0.1, 0.15) is 11.6 Å². The normalized spacial score (nSPS) is 11.6. The minimum Gasteiger partial charge on any atom is -0.493 e. The molecule has 0 fully saturated rings. The lowest BCUT2D eigenvalue weighted by atomic mass is 10.2. The molecule has 0 unspecified atom stereocenters. The predicted molar refractivity (Wildman–Crippen MR) is 84.6 cm³/mol. The topological polar surface area (TPSA) is 55.8 Å². The van der Waals surface area contributed by atoms with Crippen LogP contribution < -0.4 is 9.47 Å². The van der Waals surface area contributed by atoms with E-state index in [2.05, 4.69) is 0 Å². The maximum absolute atomic E-state index is 13.8. The Bertz CT molecular complexity index is 820. The molecule has 0 bridgehead atoms. The zero-order valence-corrected chi connectivity index (χ0v) is 14.2. The SMILES string of the molecule is COc1ccc(CN(C)S(=O)(=O)c2c(F)cccc2F)cc1OC. The van der Waals surface area contributed by atoms with Gasteiger partial charge in [-0.05, 0) is 29.8 Å². The van der Waals surface area contributed by atoms with E-state index in [0.29, 0.717) is 17.1 Å². The number of benzene rings is 2. The molecule has 0 aliphatic carbocycles. The molecule has 2 rings (SSSR count). The maximum Gasteiger partial charge on any atom is 0.248 e. The second-order valence-electron chi connectivity index (χ2n) is 5.00. The third kappa shape index (κ3) is 3.49. The highest BCUT2D eigenvalue weighted by Gasteiger charge is 2.28. The summed E-state index contributed by atoms with van der Waals surface area (Å²) in [5, 5.41) is 0. The van der Waals surface area contributed by atoms with Gasteiger partial charge in [-0.1, -0.05) is 12.1 Å². The fourth-order valence-electron chi connectivity index (χ4n) is 2.21. The highest BCUT2D eigenvalue weighted by atomic mass is 32.2. The molecule has 0 N–H and O–H groups in total. The Morgan fingerprint density at radius 3 is 2.12 bits per heavy atom. The zero-order chi connectivity index (χ0) is 17.9. The minimum absolute atomic E-state index is 0.0868. The van der Waals surface area contributed by atoms with E-state index >= 15 is 0 Å². The lowest BCUT2D eigenvalue weighted by Gasteiger charge is -2.19. The molecular formula is C16H17F2NO4S. The van der Waals surface area contributed by atoms with Gasteiger partial charge < -0.3 is 9.47 Å². The molecule has 5 nitrogen and oxygen atoms in total. The van der Waals surface area contributed by atoms with Crippen LogP contribution in [-0.2, 0) is 16.6 Å². The Morgan fingerprint density at radius 1 is 1.00 bits per heavy atom. The third-order valence-corrected chi connectivity index (χ3v) is 5.30. The van der Waals surface area contributed by atoms with Crippen LogP contribution in [0.1, 0.15) is 5.56 Å². The average molecular weight is 357 g/mol. The van der Waals surface area contributed by atoms with Crippen LogP contribution in [0.15, 0.2) is 41.3 Å². The van der Waals surface area contributed by atoms with Gasteiger partial charge in [0.2, 0.25) is 10.0 Å². The van der Waals surface area contributed by atoms with Crippen molar-refractivity contribution in [3.05, 3.63) is 53.6 Å². The van der Waals surface area contributed by atoms with E-state index in [1.54, 1.807) is 18.2 Å². The first kappa shape index (κ1) is 18.2. The van der Waals surface area contributed by atoms with Crippen LogP contribution in [0, 0.1) is 11.6 Å². The van der Waals surface area contributed by atoms with E-state index in [0.717, 1.165) is 22.5 Å².